The quantitative estimate of drug-likeness (QED) is 0.421. The highest BCUT2D eigenvalue weighted by Gasteiger charge is 2.31. The fourth-order valence-corrected chi connectivity index (χ4v) is 3.76. The lowest BCUT2D eigenvalue weighted by atomic mass is 10.1. The molecule has 2 aromatic heterocycles. The first-order valence-electron chi connectivity index (χ1n) is 9.97. The second-order valence-corrected chi connectivity index (χ2v) is 7.71. The van der Waals surface area contributed by atoms with Gasteiger partial charge < -0.3 is 19.3 Å². The largest absolute Gasteiger partial charge is 0.573 e. The van der Waals surface area contributed by atoms with Gasteiger partial charge in [0, 0.05) is 48.6 Å². The number of alkyl halides is 3. The molecule has 5 nitrogen and oxygen atoms in total. The molecule has 1 N–H and O–H groups in total. The van der Waals surface area contributed by atoms with Crippen LogP contribution in [0, 0.1) is 6.92 Å². The number of hydrogen-bond donors (Lipinski definition) is 1. The molecule has 0 aliphatic rings. The minimum atomic E-state index is -4.72. The topological polar surface area (TPSA) is 50.5 Å². The smallest absolute Gasteiger partial charge is 0.494 e. The van der Waals surface area contributed by atoms with Crippen LogP contribution in [0.15, 0.2) is 67.1 Å². The molecule has 4 rings (SSSR count). The highest BCUT2D eigenvalue weighted by molar-refractivity contribution is 5.93. The molecule has 8 heteroatoms. The predicted molar refractivity (Wildman–Crippen MR) is 117 cm³/mol. The van der Waals surface area contributed by atoms with E-state index in [1.54, 1.807) is 29.1 Å². The number of pyridine rings is 1. The van der Waals surface area contributed by atoms with Crippen molar-refractivity contribution in [3.8, 4) is 11.6 Å². The second-order valence-electron chi connectivity index (χ2n) is 7.71. The Morgan fingerprint density at radius 3 is 2.38 bits per heavy atom. The molecular weight excluding hydrogens is 419 g/mol. The predicted octanol–water partition coefficient (Wildman–Crippen LogP) is 5.63. The van der Waals surface area contributed by atoms with Crippen molar-refractivity contribution in [2.45, 2.75) is 26.4 Å². The van der Waals surface area contributed by atoms with E-state index in [-0.39, 0.29) is 11.6 Å². The summed E-state index contributed by atoms with van der Waals surface area (Å²) in [5.74, 6) is -0.155. The zero-order valence-electron chi connectivity index (χ0n) is 17.6. The van der Waals surface area contributed by atoms with Crippen molar-refractivity contribution in [3.63, 3.8) is 0 Å². The highest BCUT2D eigenvalue weighted by Crippen LogP contribution is 2.34. The Bertz CT molecular complexity index is 1220. The summed E-state index contributed by atoms with van der Waals surface area (Å²) in [6.45, 7) is 2.97. The Morgan fingerprint density at radius 2 is 1.72 bits per heavy atom. The molecule has 0 aliphatic heterocycles. The van der Waals surface area contributed by atoms with E-state index in [9.17, 15) is 18.3 Å². The van der Waals surface area contributed by atoms with Crippen LogP contribution >= 0.6 is 0 Å². The molecule has 0 spiro atoms. The van der Waals surface area contributed by atoms with Gasteiger partial charge in [0.25, 0.3) is 0 Å². The van der Waals surface area contributed by atoms with Crippen LogP contribution in [0.2, 0.25) is 0 Å². The van der Waals surface area contributed by atoms with Crippen molar-refractivity contribution >= 4 is 16.5 Å². The first-order valence-corrected chi connectivity index (χ1v) is 9.97. The monoisotopic (exact) mass is 441 g/mol. The molecule has 0 saturated carbocycles. The molecule has 2 heterocycles. The molecule has 0 fully saturated rings. The molecule has 0 bridgehead atoms. The third kappa shape index (κ3) is 4.80. The van der Waals surface area contributed by atoms with Crippen LogP contribution in [0.5, 0.6) is 11.6 Å². The molecule has 0 amide bonds. The second kappa shape index (κ2) is 8.45. The summed E-state index contributed by atoms with van der Waals surface area (Å²) in [6.07, 6.45) is 0.647. The van der Waals surface area contributed by atoms with Crippen molar-refractivity contribution in [1.82, 2.24) is 9.55 Å². The van der Waals surface area contributed by atoms with Gasteiger partial charge in [-0.3, -0.25) is 4.98 Å². The van der Waals surface area contributed by atoms with Gasteiger partial charge in [-0.25, -0.2) is 0 Å². The molecule has 4 aromatic rings. The Kier molecular flexibility index (Phi) is 5.69. The standard InChI is InChI=1S/C24H22F3N3O2/c1-16-11-20(29(2)13-18-7-9-28-10-8-18)12-19-15-30(23(31)22(16)19)14-17-3-5-21(6-4-17)32-24(25,26)27/h3-12,15,31H,13-14H2,1-2H3. The van der Waals surface area contributed by atoms with Crippen molar-refractivity contribution in [3.05, 3.63) is 83.8 Å². The molecule has 0 aliphatic carbocycles. The Balaban J connectivity index is 1.57. The number of halogens is 3. The van der Waals surface area contributed by atoms with Crippen LogP contribution in [0.4, 0.5) is 18.9 Å². The minimum absolute atomic E-state index is 0.122. The van der Waals surface area contributed by atoms with Gasteiger partial charge in [-0.2, -0.15) is 0 Å². The molecule has 0 unspecified atom stereocenters. The maximum Gasteiger partial charge on any atom is 0.573 e. The molecule has 0 saturated heterocycles. The van der Waals surface area contributed by atoms with Gasteiger partial charge in [0.2, 0.25) is 0 Å². The van der Waals surface area contributed by atoms with Gasteiger partial charge in [0.15, 0.2) is 5.88 Å². The number of hydrogen-bond acceptors (Lipinski definition) is 4. The Labute approximate surface area is 183 Å². The van der Waals surface area contributed by atoms with E-state index in [4.69, 9.17) is 0 Å². The van der Waals surface area contributed by atoms with E-state index in [1.807, 2.05) is 44.4 Å². The zero-order valence-corrected chi connectivity index (χ0v) is 17.6. The number of fused-ring (bicyclic) bond motifs is 1. The highest BCUT2D eigenvalue weighted by atomic mass is 19.4. The third-order valence-corrected chi connectivity index (χ3v) is 5.26. The van der Waals surface area contributed by atoms with E-state index in [1.165, 1.54) is 12.1 Å². The average Bonchev–Trinajstić information content (AvgIpc) is 3.05. The average molecular weight is 441 g/mol. The van der Waals surface area contributed by atoms with Gasteiger partial charge in [0.05, 0.1) is 6.54 Å². The summed E-state index contributed by atoms with van der Waals surface area (Å²) in [4.78, 5) is 6.16. The van der Waals surface area contributed by atoms with E-state index in [2.05, 4.69) is 14.6 Å². The van der Waals surface area contributed by atoms with Crippen molar-refractivity contribution in [2.75, 3.05) is 11.9 Å². The van der Waals surface area contributed by atoms with Gasteiger partial charge >= 0.3 is 6.36 Å². The number of anilines is 1. The van der Waals surface area contributed by atoms with Crippen LogP contribution in [-0.4, -0.2) is 28.1 Å². The van der Waals surface area contributed by atoms with Crippen LogP contribution in [0.25, 0.3) is 10.8 Å². The number of benzene rings is 2. The number of aryl methyl sites for hydroxylation is 1. The normalized spacial score (nSPS) is 11.7. The van der Waals surface area contributed by atoms with Crippen LogP contribution in [0.1, 0.15) is 16.7 Å². The summed E-state index contributed by atoms with van der Waals surface area (Å²) >= 11 is 0. The van der Waals surface area contributed by atoms with Crippen molar-refractivity contribution in [1.29, 1.82) is 0 Å². The van der Waals surface area contributed by atoms with Crippen LogP contribution in [0.3, 0.4) is 0 Å². The summed E-state index contributed by atoms with van der Waals surface area (Å²) in [5.41, 5.74) is 3.82. The van der Waals surface area contributed by atoms with E-state index >= 15 is 0 Å². The number of nitrogens with zero attached hydrogens (tertiary/aromatic N) is 3. The first kappa shape index (κ1) is 21.5. The lowest BCUT2D eigenvalue weighted by Crippen LogP contribution is -2.17. The number of aromatic hydroxyl groups is 1. The number of ether oxygens (including phenoxy) is 1. The SMILES string of the molecule is Cc1cc(N(C)Cc2ccncc2)cc2cn(Cc3ccc(OC(F)(F)F)cc3)c(O)c12. The maximum atomic E-state index is 12.3. The summed E-state index contributed by atoms with van der Waals surface area (Å²) < 4.78 is 42.6. The zero-order chi connectivity index (χ0) is 22.9. The number of aromatic nitrogens is 2. The van der Waals surface area contributed by atoms with Crippen LogP contribution in [-0.2, 0) is 13.1 Å². The maximum absolute atomic E-state index is 12.3. The fraction of sp³-hybridized carbons (Fsp3) is 0.208. The van der Waals surface area contributed by atoms with E-state index in [0.717, 1.165) is 33.2 Å². The third-order valence-electron chi connectivity index (χ3n) is 5.26. The molecule has 166 valence electrons. The fourth-order valence-electron chi connectivity index (χ4n) is 3.76. The van der Waals surface area contributed by atoms with Gasteiger partial charge in [0.1, 0.15) is 5.75 Å². The van der Waals surface area contributed by atoms with Gasteiger partial charge in [-0.15, -0.1) is 13.2 Å². The summed E-state index contributed by atoms with van der Waals surface area (Å²) in [7, 11) is 2.00. The Hall–Kier alpha value is -3.68. The lowest BCUT2D eigenvalue weighted by molar-refractivity contribution is -0.274. The van der Waals surface area contributed by atoms with E-state index < -0.39 is 6.36 Å². The Morgan fingerprint density at radius 1 is 1.03 bits per heavy atom. The lowest BCUT2D eigenvalue weighted by Gasteiger charge is -2.20. The van der Waals surface area contributed by atoms with Crippen molar-refractivity contribution in [2.24, 2.45) is 0 Å². The molecule has 2 aromatic carbocycles. The molecule has 32 heavy (non-hydrogen) atoms. The van der Waals surface area contributed by atoms with E-state index in [0.29, 0.717) is 13.1 Å². The number of rotatable bonds is 6. The molecule has 0 radical (unpaired) electrons. The summed E-state index contributed by atoms with van der Waals surface area (Å²) in [5, 5.41) is 12.4. The van der Waals surface area contributed by atoms with Gasteiger partial charge in [-0.05, 0) is 60.0 Å². The van der Waals surface area contributed by atoms with Crippen molar-refractivity contribution < 1.29 is 23.0 Å². The minimum Gasteiger partial charge on any atom is -0.494 e. The summed E-state index contributed by atoms with van der Waals surface area (Å²) in [6, 6.07) is 13.6. The first-order chi connectivity index (χ1) is 15.2. The van der Waals surface area contributed by atoms with Gasteiger partial charge in [-0.1, -0.05) is 12.1 Å². The molecular formula is C24H22F3N3O2. The molecule has 0 atom stereocenters. The van der Waals surface area contributed by atoms with Crippen LogP contribution < -0.4 is 9.64 Å².